The molecule has 3 N–H and O–H groups in total. The summed E-state index contributed by atoms with van der Waals surface area (Å²) < 4.78 is 5.44. The third kappa shape index (κ3) is 6.33. The van der Waals surface area contributed by atoms with Crippen molar-refractivity contribution in [2.75, 3.05) is 32.8 Å². The van der Waals surface area contributed by atoms with Crippen molar-refractivity contribution in [3.05, 3.63) is 0 Å². The number of unbranched alkanes of at least 4 members (excludes halogenated alkanes) is 1. The largest absolute Gasteiger partial charge is 0.381 e. The van der Waals surface area contributed by atoms with E-state index < -0.39 is 0 Å². The molecule has 0 bridgehead atoms. The highest BCUT2D eigenvalue weighted by Gasteiger charge is 2.22. The zero-order valence-corrected chi connectivity index (χ0v) is 11.6. The molecule has 0 aromatic carbocycles. The van der Waals surface area contributed by atoms with Crippen molar-refractivity contribution < 1.29 is 9.53 Å². The van der Waals surface area contributed by atoms with E-state index in [-0.39, 0.29) is 11.9 Å². The number of piperazine rings is 1. The fraction of sp³-hybridized carbons (Fsp3) is 0.923. The van der Waals surface area contributed by atoms with Crippen molar-refractivity contribution in [3.63, 3.8) is 0 Å². The monoisotopic (exact) mass is 257 g/mol. The smallest absolute Gasteiger partial charge is 0.238 e. The number of carbonyl (C=O) groups is 1. The van der Waals surface area contributed by atoms with Crippen LogP contribution in [0.25, 0.3) is 0 Å². The minimum atomic E-state index is -0.0952. The standard InChI is InChI=1S/C13H27N3O2/c1-3-4-7-18-8-5-6-14-13(17)12-10-15-11(2)9-16-12/h11-12,15-16H,3-10H2,1-2H3,(H,14,17). The summed E-state index contributed by atoms with van der Waals surface area (Å²) in [5.74, 6) is 0.0861. The first-order valence-electron chi connectivity index (χ1n) is 7.06. The van der Waals surface area contributed by atoms with E-state index in [4.69, 9.17) is 4.74 Å². The van der Waals surface area contributed by atoms with Gasteiger partial charge < -0.3 is 20.7 Å². The lowest BCUT2D eigenvalue weighted by Crippen LogP contribution is -2.58. The molecule has 5 heteroatoms. The first-order valence-corrected chi connectivity index (χ1v) is 7.06. The van der Waals surface area contributed by atoms with E-state index in [0.29, 0.717) is 19.1 Å². The molecule has 0 radical (unpaired) electrons. The van der Waals surface area contributed by atoms with Crippen LogP contribution in [0.5, 0.6) is 0 Å². The van der Waals surface area contributed by atoms with E-state index in [0.717, 1.165) is 39.0 Å². The van der Waals surface area contributed by atoms with Gasteiger partial charge in [0, 0.05) is 38.9 Å². The average Bonchev–Trinajstić information content (AvgIpc) is 2.38. The zero-order valence-electron chi connectivity index (χ0n) is 11.6. The first kappa shape index (κ1) is 15.4. The molecule has 1 aliphatic rings. The first-order chi connectivity index (χ1) is 8.74. The van der Waals surface area contributed by atoms with E-state index in [9.17, 15) is 4.79 Å². The van der Waals surface area contributed by atoms with Crippen molar-refractivity contribution >= 4 is 5.91 Å². The van der Waals surface area contributed by atoms with Crippen molar-refractivity contribution in [2.24, 2.45) is 0 Å². The maximum Gasteiger partial charge on any atom is 0.238 e. The lowest BCUT2D eigenvalue weighted by molar-refractivity contribution is -0.123. The SMILES string of the molecule is CCCCOCCCNC(=O)C1CNC(C)CN1. The summed E-state index contributed by atoms with van der Waals surface area (Å²) in [5.41, 5.74) is 0. The van der Waals surface area contributed by atoms with Gasteiger partial charge in [-0.3, -0.25) is 4.79 Å². The van der Waals surface area contributed by atoms with Gasteiger partial charge in [-0.25, -0.2) is 0 Å². The molecule has 106 valence electrons. The molecule has 1 fully saturated rings. The normalized spacial score (nSPS) is 23.9. The van der Waals surface area contributed by atoms with E-state index in [1.54, 1.807) is 0 Å². The fourth-order valence-corrected chi connectivity index (χ4v) is 1.83. The number of carbonyl (C=O) groups excluding carboxylic acids is 1. The molecule has 1 amide bonds. The Bertz CT molecular complexity index is 228. The van der Waals surface area contributed by atoms with Gasteiger partial charge in [-0.1, -0.05) is 13.3 Å². The topological polar surface area (TPSA) is 62.4 Å². The number of amides is 1. The molecule has 0 aromatic rings. The second kappa shape index (κ2) is 9.30. The van der Waals surface area contributed by atoms with E-state index in [2.05, 4.69) is 29.8 Å². The molecule has 0 aromatic heterocycles. The van der Waals surface area contributed by atoms with Crippen LogP contribution in [-0.4, -0.2) is 50.8 Å². The van der Waals surface area contributed by atoms with Gasteiger partial charge in [0.15, 0.2) is 0 Å². The predicted molar refractivity (Wildman–Crippen MR) is 72.6 cm³/mol. The molecule has 1 aliphatic heterocycles. The summed E-state index contributed by atoms with van der Waals surface area (Å²) in [4.78, 5) is 11.8. The van der Waals surface area contributed by atoms with Crippen LogP contribution in [0.4, 0.5) is 0 Å². The summed E-state index contributed by atoms with van der Waals surface area (Å²) in [6.45, 7) is 8.06. The number of rotatable bonds is 8. The molecule has 5 nitrogen and oxygen atoms in total. The Morgan fingerprint density at radius 3 is 2.72 bits per heavy atom. The molecule has 1 rings (SSSR count). The van der Waals surface area contributed by atoms with Crippen LogP contribution in [0.2, 0.25) is 0 Å². The highest BCUT2D eigenvalue weighted by Crippen LogP contribution is 1.93. The zero-order chi connectivity index (χ0) is 13.2. The molecule has 18 heavy (non-hydrogen) atoms. The van der Waals surface area contributed by atoms with E-state index in [1.807, 2.05) is 0 Å². The maximum absolute atomic E-state index is 11.8. The average molecular weight is 257 g/mol. The summed E-state index contributed by atoms with van der Waals surface area (Å²) in [5, 5.41) is 9.46. The lowest BCUT2D eigenvalue weighted by Gasteiger charge is -2.28. The highest BCUT2D eigenvalue weighted by atomic mass is 16.5. The van der Waals surface area contributed by atoms with Crippen LogP contribution < -0.4 is 16.0 Å². The van der Waals surface area contributed by atoms with Crippen molar-refractivity contribution in [1.82, 2.24) is 16.0 Å². The van der Waals surface area contributed by atoms with Gasteiger partial charge >= 0.3 is 0 Å². The van der Waals surface area contributed by atoms with Crippen LogP contribution >= 0.6 is 0 Å². The van der Waals surface area contributed by atoms with Gasteiger partial charge in [-0.05, 0) is 19.8 Å². The second-order valence-electron chi connectivity index (χ2n) is 4.88. The maximum atomic E-state index is 11.8. The van der Waals surface area contributed by atoms with E-state index >= 15 is 0 Å². The Morgan fingerprint density at radius 1 is 1.28 bits per heavy atom. The van der Waals surface area contributed by atoms with Crippen LogP contribution in [0.1, 0.15) is 33.1 Å². The van der Waals surface area contributed by atoms with Gasteiger partial charge in [-0.15, -0.1) is 0 Å². The number of hydrogen-bond donors (Lipinski definition) is 3. The predicted octanol–water partition coefficient (Wildman–Crippen LogP) is 0.259. The van der Waals surface area contributed by atoms with Gasteiger partial charge in [0.1, 0.15) is 0 Å². The quantitative estimate of drug-likeness (QED) is 0.546. The minimum Gasteiger partial charge on any atom is -0.381 e. The third-order valence-corrected chi connectivity index (χ3v) is 3.06. The third-order valence-electron chi connectivity index (χ3n) is 3.06. The van der Waals surface area contributed by atoms with Gasteiger partial charge in [0.05, 0.1) is 6.04 Å². The van der Waals surface area contributed by atoms with Crippen LogP contribution in [-0.2, 0) is 9.53 Å². The molecule has 1 heterocycles. The summed E-state index contributed by atoms with van der Waals surface area (Å²) in [6.07, 6.45) is 3.16. The van der Waals surface area contributed by atoms with Crippen LogP contribution in [0.3, 0.4) is 0 Å². The Kier molecular flexibility index (Phi) is 7.96. The van der Waals surface area contributed by atoms with Crippen molar-refractivity contribution in [1.29, 1.82) is 0 Å². The van der Waals surface area contributed by atoms with Gasteiger partial charge in [0.25, 0.3) is 0 Å². The molecular weight excluding hydrogens is 230 g/mol. The van der Waals surface area contributed by atoms with Crippen LogP contribution in [0, 0.1) is 0 Å². The number of nitrogens with one attached hydrogen (secondary N) is 3. The van der Waals surface area contributed by atoms with Gasteiger partial charge in [-0.2, -0.15) is 0 Å². The van der Waals surface area contributed by atoms with Crippen molar-refractivity contribution in [2.45, 2.75) is 45.2 Å². The second-order valence-corrected chi connectivity index (χ2v) is 4.88. The molecule has 0 spiro atoms. The van der Waals surface area contributed by atoms with Crippen LogP contribution in [0.15, 0.2) is 0 Å². The van der Waals surface area contributed by atoms with Gasteiger partial charge in [0.2, 0.25) is 5.91 Å². The Morgan fingerprint density at radius 2 is 2.06 bits per heavy atom. The molecule has 0 saturated carbocycles. The summed E-state index contributed by atoms with van der Waals surface area (Å²) in [7, 11) is 0. The van der Waals surface area contributed by atoms with Crippen molar-refractivity contribution in [3.8, 4) is 0 Å². The minimum absolute atomic E-state index is 0.0861. The Labute approximate surface area is 110 Å². The molecule has 2 unspecified atom stereocenters. The molecule has 2 atom stereocenters. The number of hydrogen-bond acceptors (Lipinski definition) is 4. The fourth-order valence-electron chi connectivity index (χ4n) is 1.83. The number of ether oxygens (including phenoxy) is 1. The van der Waals surface area contributed by atoms with E-state index in [1.165, 1.54) is 0 Å². The molecular formula is C13H27N3O2. The molecule has 0 aliphatic carbocycles. The molecule has 1 saturated heterocycles. The highest BCUT2D eigenvalue weighted by molar-refractivity contribution is 5.82. The Hall–Kier alpha value is -0.650. The lowest BCUT2D eigenvalue weighted by atomic mass is 10.1. The summed E-state index contributed by atoms with van der Waals surface area (Å²) in [6, 6.07) is 0.350. The Balaban J connectivity index is 1.96. The summed E-state index contributed by atoms with van der Waals surface area (Å²) >= 11 is 0.